The number of nitrogens with zero attached hydrogens (tertiary/aromatic N) is 2. The maximum Gasteiger partial charge on any atom is 0.252 e. The highest BCUT2D eigenvalue weighted by molar-refractivity contribution is 6.35. The molecule has 1 aliphatic heterocycles. The zero-order valence-electron chi connectivity index (χ0n) is 19.0. The van der Waals surface area contributed by atoms with Crippen LogP contribution in [0.5, 0.6) is 5.88 Å². The fourth-order valence-corrected chi connectivity index (χ4v) is 4.56. The third kappa shape index (κ3) is 5.15. The summed E-state index contributed by atoms with van der Waals surface area (Å²) in [7, 11) is 0. The Bertz CT molecular complexity index is 1320. The summed E-state index contributed by atoms with van der Waals surface area (Å²) < 4.78 is 5.96. The number of hydrogen-bond donors (Lipinski definition) is 2. The summed E-state index contributed by atoms with van der Waals surface area (Å²) in [5.74, 6) is 0.130. The van der Waals surface area contributed by atoms with Gasteiger partial charge in [0.2, 0.25) is 11.8 Å². The molecule has 1 atom stereocenters. The number of halogens is 1. The van der Waals surface area contributed by atoms with Crippen molar-refractivity contribution in [3.05, 3.63) is 95.3 Å². The second-order valence-corrected chi connectivity index (χ2v) is 8.93. The molecule has 4 aromatic rings. The van der Waals surface area contributed by atoms with Crippen molar-refractivity contribution < 1.29 is 14.3 Å². The number of aromatic nitrogens is 2. The van der Waals surface area contributed by atoms with Crippen LogP contribution in [0.2, 0.25) is 5.02 Å². The molecule has 3 heterocycles. The fourth-order valence-electron chi connectivity index (χ4n) is 4.34. The first-order valence-electron chi connectivity index (χ1n) is 11.6. The van der Waals surface area contributed by atoms with E-state index in [1.807, 2.05) is 48.5 Å². The predicted molar refractivity (Wildman–Crippen MR) is 134 cm³/mol. The number of fused-ring (bicyclic) bond motifs is 1. The van der Waals surface area contributed by atoms with Gasteiger partial charge in [-0.05, 0) is 23.8 Å². The van der Waals surface area contributed by atoms with Crippen molar-refractivity contribution in [3.63, 3.8) is 0 Å². The smallest absolute Gasteiger partial charge is 0.252 e. The summed E-state index contributed by atoms with van der Waals surface area (Å²) in [6, 6.07) is 19.3. The maximum absolute atomic E-state index is 13.6. The third-order valence-corrected chi connectivity index (χ3v) is 6.54. The third-order valence-electron chi connectivity index (χ3n) is 6.23. The number of ether oxygens (including phenoxy) is 1. The van der Waals surface area contributed by atoms with Crippen molar-refractivity contribution in [2.45, 2.75) is 25.0 Å². The number of nitrogens with one attached hydrogen (secondary N) is 2. The number of pyridine rings is 1. The zero-order valence-corrected chi connectivity index (χ0v) is 19.7. The maximum atomic E-state index is 13.6. The number of benzene rings is 2. The Labute approximate surface area is 208 Å². The second-order valence-electron chi connectivity index (χ2n) is 8.52. The minimum Gasteiger partial charge on any atom is -0.474 e. The van der Waals surface area contributed by atoms with E-state index in [0.717, 1.165) is 16.5 Å². The minimum atomic E-state index is -0.792. The lowest BCUT2D eigenvalue weighted by Gasteiger charge is -2.34. The summed E-state index contributed by atoms with van der Waals surface area (Å²) in [5, 5.41) is 4.39. The van der Waals surface area contributed by atoms with Crippen LogP contribution in [-0.4, -0.2) is 45.9 Å². The van der Waals surface area contributed by atoms with Gasteiger partial charge in [0.15, 0.2) is 0 Å². The number of likely N-dealkylation sites (tertiary alicyclic amines) is 1. The topological polar surface area (TPSA) is 87.3 Å². The monoisotopic (exact) mass is 488 g/mol. The molecule has 8 heteroatoms. The van der Waals surface area contributed by atoms with Gasteiger partial charge in [-0.15, -0.1) is 0 Å². The van der Waals surface area contributed by atoms with Gasteiger partial charge in [-0.2, -0.15) is 0 Å². The molecular formula is C27H25ClN4O3. The average molecular weight is 489 g/mol. The Kier molecular flexibility index (Phi) is 6.68. The molecule has 2 aromatic carbocycles. The van der Waals surface area contributed by atoms with Crippen LogP contribution in [0.3, 0.4) is 0 Å². The van der Waals surface area contributed by atoms with Crippen molar-refractivity contribution in [2.75, 3.05) is 13.1 Å². The summed E-state index contributed by atoms with van der Waals surface area (Å²) in [5.41, 5.74) is 1.95. The average Bonchev–Trinajstić information content (AvgIpc) is 3.28. The van der Waals surface area contributed by atoms with Crippen LogP contribution in [0.1, 0.15) is 34.8 Å². The number of rotatable bonds is 6. The van der Waals surface area contributed by atoms with E-state index in [0.29, 0.717) is 42.4 Å². The number of aromatic amines is 1. The van der Waals surface area contributed by atoms with E-state index < -0.39 is 6.04 Å². The van der Waals surface area contributed by atoms with E-state index in [9.17, 15) is 9.59 Å². The second kappa shape index (κ2) is 10.2. The van der Waals surface area contributed by atoms with Gasteiger partial charge in [0.1, 0.15) is 12.1 Å². The Balaban J connectivity index is 1.29. The van der Waals surface area contributed by atoms with E-state index >= 15 is 0 Å². The molecule has 0 bridgehead atoms. The molecule has 7 nitrogen and oxygen atoms in total. The number of carbonyl (C=O) groups is 2. The standard InChI is InChI=1S/C27H25ClN4O3/c28-22-17-30-23-16-19(9-10-21(22)23)26(33)31-25(18-6-2-1-3-7-18)27(34)32-14-11-20(12-15-32)35-24-8-4-5-13-29-24/h1-10,13,16-17,20,25,30H,11-12,14-15H2,(H,31,33)/t25-/m1/s1. The van der Waals surface area contributed by atoms with Crippen LogP contribution >= 0.6 is 11.6 Å². The fraction of sp³-hybridized carbons (Fsp3) is 0.222. The van der Waals surface area contributed by atoms with E-state index in [1.165, 1.54) is 0 Å². The highest BCUT2D eigenvalue weighted by Crippen LogP contribution is 2.25. The zero-order chi connectivity index (χ0) is 24.2. The largest absolute Gasteiger partial charge is 0.474 e. The lowest BCUT2D eigenvalue weighted by Crippen LogP contribution is -2.47. The molecule has 2 N–H and O–H groups in total. The Morgan fingerprint density at radius 3 is 2.57 bits per heavy atom. The quantitative estimate of drug-likeness (QED) is 0.409. The molecule has 1 aliphatic rings. The van der Waals surface area contributed by atoms with Gasteiger partial charge in [-0.1, -0.05) is 54.1 Å². The van der Waals surface area contributed by atoms with E-state index in [-0.39, 0.29) is 17.9 Å². The first kappa shape index (κ1) is 22.9. The van der Waals surface area contributed by atoms with Crippen LogP contribution < -0.4 is 10.1 Å². The Morgan fingerprint density at radius 1 is 1.06 bits per heavy atom. The van der Waals surface area contributed by atoms with Crippen LogP contribution in [-0.2, 0) is 4.79 Å². The van der Waals surface area contributed by atoms with Gasteiger partial charge in [0.25, 0.3) is 5.91 Å². The number of carbonyl (C=O) groups excluding carboxylic acids is 2. The van der Waals surface area contributed by atoms with Gasteiger partial charge >= 0.3 is 0 Å². The van der Waals surface area contributed by atoms with Crippen molar-refractivity contribution in [3.8, 4) is 5.88 Å². The predicted octanol–water partition coefficient (Wildman–Crippen LogP) is 4.76. The molecule has 1 saturated heterocycles. The first-order chi connectivity index (χ1) is 17.1. The van der Waals surface area contributed by atoms with Crippen molar-refractivity contribution >= 4 is 34.3 Å². The number of amides is 2. The number of piperidine rings is 1. The molecule has 0 aliphatic carbocycles. The van der Waals surface area contributed by atoms with E-state index in [1.54, 1.807) is 35.5 Å². The summed E-state index contributed by atoms with van der Waals surface area (Å²) in [6.07, 6.45) is 4.77. The lowest BCUT2D eigenvalue weighted by molar-refractivity contribution is -0.135. The van der Waals surface area contributed by atoms with Crippen LogP contribution in [0.15, 0.2) is 79.1 Å². The van der Waals surface area contributed by atoms with Gasteiger partial charge in [-0.25, -0.2) is 4.98 Å². The molecule has 0 spiro atoms. The van der Waals surface area contributed by atoms with Crippen molar-refractivity contribution in [2.24, 2.45) is 0 Å². The van der Waals surface area contributed by atoms with Crippen LogP contribution in [0.4, 0.5) is 0 Å². The molecule has 0 saturated carbocycles. The van der Waals surface area contributed by atoms with E-state index in [2.05, 4.69) is 15.3 Å². The van der Waals surface area contributed by atoms with E-state index in [4.69, 9.17) is 16.3 Å². The highest BCUT2D eigenvalue weighted by Gasteiger charge is 2.31. The number of hydrogen-bond acceptors (Lipinski definition) is 4. The summed E-state index contributed by atoms with van der Waals surface area (Å²) in [4.78, 5) is 35.8. The highest BCUT2D eigenvalue weighted by atomic mass is 35.5. The molecule has 35 heavy (non-hydrogen) atoms. The molecule has 0 unspecified atom stereocenters. The van der Waals surface area contributed by atoms with Crippen LogP contribution in [0.25, 0.3) is 10.9 Å². The Hall–Kier alpha value is -3.84. The van der Waals surface area contributed by atoms with Crippen LogP contribution in [0, 0.1) is 0 Å². The molecule has 2 aromatic heterocycles. The van der Waals surface area contributed by atoms with Crippen molar-refractivity contribution in [1.82, 2.24) is 20.2 Å². The molecule has 1 fully saturated rings. The minimum absolute atomic E-state index is 0.00179. The Morgan fingerprint density at radius 2 is 1.83 bits per heavy atom. The van der Waals surface area contributed by atoms with Gasteiger partial charge < -0.3 is 19.9 Å². The summed E-state index contributed by atoms with van der Waals surface area (Å²) >= 11 is 6.16. The first-order valence-corrected chi connectivity index (χ1v) is 12.0. The number of H-pyrrole nitrogens is 1. The van der Waals surface area contributed by atoms with Crippen molar-refractivity contribution in [1.29, 1.82) is 0 Å². The lowest BCUT2D eigenvalue weighted by atomic mass is 10.0. The molecule has 2 amide bonds. The van der Waals surface area contributed by atoms with Gasteiger partial charge in [0, 0.05) is 60.9 Å². The van der Waals surface area contributed by atoms with Gasteiger partial charge in [-0.3, -0.25) is 9.59 Å². The SMILES string of the molecule is O=C(N[C@@H](C(=O)N1CCC(Oc2ccccn2)CC1)c1ccccc1)c1ccc2c(Cl)c[nH]c2c1. The normalized spacial score (nSPS) is 15.1. The molecule has 0 radical (unpaired) electrons. The summed E-state index contributed by atoms with van der Waals surface area (Å²) in [6.45, 7) is 1.09. The molecule has 178 valence electrons. The molecular weight excluding hydrogens is 464 g/mol. The van der Waals surface area contributed by atoms with Gasteiger partial charge in [0.05, 0.1) is 5.02 Å². The molecule has 5 rings (SSSR count).